The van der Waals surface area contributed by atoms with Gasteiger partial charge in [0, 0.05) is 48.2 Å². The molecule has 1 unspecified atom stereocenters. The number of hydrogen-bond acceptors (Lipinski definition) is 2. The van der Waals surface area contributed by atoms with Crippen LogP contribution in [0.25, 0.3) is 17.0 Å². The van der Waals surface area contributed by atoms with Crippen molar-refractivity contribution >= 4 is 28.8 Å². The Morgan fingerprint density at radius 2 is 1.66 bits per heavy atom. The number of carbonyl (C=O) groups is 2. The van der Waals surface area contributed by atoms with Crippen molar-refractivity contribution in [1.29, 1.82) is 0 Å². The molecule has 32 heavy (non-hydrogen) atoms. The van der Waals surface area contributed by atoms with Crippen LogP contribution < -0.4 is 10.6 Å². The van der Waals surface area contributed by atoms with Crippen LogP contribution in [0.1, 0.15) is 33.0 Å². The topological polar surface area (TPSA) is 74.0 Å². The lowest BCUT2D eigenvalue weighted by Crippen LogP contribution is -2.27. The van der Waals surface area contributed by atoms with E-state index >= 15 is 0 Å². The first-order valence-electron chi connectivity index (χ1n) is 10.5. The number of para-hydroxylation sites is 1. The Labute approximate surface area is 187 Å². The number of hydrogen-bond donors (Lipinski definition) is 3. The standard InChI is InChI=1S/C27H25N3O2/c1-28-27(32)21-14-11-19(12-15-21)13-16-26(31)30-17-23(20-7-3-2-4-8-20)24-18-29-25-10-6-5-9-22(24)25/h2-16,18,23,29H,17H2,1H3,(H,28,32)(H,30,31)/b16-13+. The molecule has 3 N–H and O–H groups in total. The van der Waals surface area contributed by atoms with Gasteiger partial charge in [-0.05, 0) is 41.0 Å². The van der Waals surface area contributed by atoms with E-state index < -0.39 is 0 Å². The van der Waals surface area contributed by atoms with Gasteiger partial charge in [0.1, 0.15) is 0 Å². The highest BCUT2D eigenvalue weighted by Crippen LogP contribution is 2.30. The van der Waals surface area contributed by atoms with E-state index in [9.17, 15) is 9.59 Å². The molecule has 4 rings (SSSR count). The molecule has 1 aromatic heterocycles. The Hall–Kier alpha value is -4.12. The average molecular weight is 424 g/mol. The number of carbonyl (C=O) groups excluding carboxylic acids is 2. The van der Waals surface area contributed by atoms with Gasteiger partial charge in [0.25, 0.3) is 5.91 Å². The number of rotatable bonds is 7. The van der Waals surface area contributed by atoms with Crippen LogP contribution in [0.2, 0.25) is 0 Å². The zero-order valence-corrected chi connectivity index (χ0v) is 17.8. The lowest BCUT2D eigenvalue weighted by Gasteiger charge is -2.17. The molecule has 4 aromatic rings. The van der Waals surface area contributed by atoms with E-state index in [1.165, 1.54) is 6.08 Å². The summed E-state index contributed by atoms with van der Waals surface area (Å²) < 4.78 is 0. The number of benzene rings is 3. The number of fused-ring (bicyclic) bond motifs is 1. The molecule has 0 saturated carbocycles. The van der Waals surface area contributed by atoms with Crippen LogP contribution in [0.3, 0.4) is 0 Å². The van der Waals surface area contributed by atoms with Crippen molar-refractivity contribution in [3.05, 3.63) is 113 Å². The summed E-state index contributed by atoms with van der Waals surface area (Å²) in [4.78, 5) is 27.5. The quantitative estimate of drug-likeness (QED) is 0.383. The molecule has 0 radical (unpaired) electrons. The van der Waals surface area contributed by atoms with Gasteiger partial charge in [-0.2, -0.15) is 0 Å². The van der Waals surface area contributed by atoms with Gasteiger partial charge in [-0.25, -0.2) is 0 Å². The molecule has 0 fully saturated rings. The van der Waals surface area contributed by atoms with E-state index in [2.05, 4.69) is 39.9 Å². The third-order valence-electron chi connectivity index (χ3n) is 5.51. The van der Waals surface area contributed by atoms with E-state index in [0.717, 1.165) is 27.6 Å². The highest BCUT2D eigenvalue weighted by molar-refractivity contribution is 5.95. The SMILES string of the molecule is CNC(=O)c1ccc(/C=C/C(=O)NCC(c2ccccc2)c2c[nH]c3ccccc23)cc1. The predicted octanol–water partition coefficient (Wildman–Crippen LogP) is 4.49. The molecule has 0 aliphatic heterocycles. The summed E-state index contributed by atoms with van der Waals surface area (Å²) in [5.41, 5.74) is 4.81. The maximum Gasteiger partial charge on any atom is 0.251 e. The van der Waals surface area contributed by atoms with Crippen molar-refractivity contribution in [3.63, 3.8) is 0 Å². The summed E-state index contributed by atoms with van der Waals surface area (Å²) in [6.45, 7) is 0.477. The number of aromatic amines is 1. The molecule has 0 aliphatic rings. The first kappa shape index (κ1) is 21.1. The third kappa shape index (κ3) is 4.78. The lowest BCUT2D eigenvalue weighted by atomic mass is 9.91. The second-order valence-corrected chi connectivity index (χ2v) is 7.53. The number of aromatic nitrogens is 1. The van der Waals surface area contributed by atoms with Gasteiger partial charge in [-0.15, -0.1) is 0 Å². The fraction of sp³-hybridized carbons (Fsp3) is 0.111. The minimum absolute atomic E-state index is 0.0246. The van der Waals surface area contributed by atoms with Gasteiger partial charge in [0.15, 0.2) is 0 Å². The van der Waals surface area contributed by atoms with E-state index in [1.54, 1.807) is 25.3 Å². The molecule has 1 atom stereocenters. The molecule has 0 bridgehead atoms. The predicted molar refractivity (Wildman–Crippen MR) is 128 cm³/mol. The molecule has 160 valence electrons. The minimum Gasteiger partial charge on any atom is -0.361 e. The number of nitrogens with one attached hydrogen (secondary N) is 3. The molecule has 0 spiro atoms. The van der Waals surface area contributed by atoms with Crippen LogP contribution in [-0.2, 0) is 4.79 Å². The van der Waals surface area contributed by atoms with Crippen LogP contribution in [0, 0.1) is 0 Å². The van der Waals surface area contributed by atoms with Gasteiger partial charge < -0.3 is 15.6 Å². The van der Waals surface area contributed by atoms with Crippen LogP contribution in [0.4, 0.5) is 0 Å². The van der Waals surface area contributed by atoms with Crippen molar-refractivity contribution in [2.45, 2.75) is 5.92 Å². The van der Waals surface area contributed by atoms with E-state index in [-0.39, 0.29) is 17.7 Å². The second kappa shape index (κ2) is 9.79. The summed E-state index contributed by atoms with van der Waals surface area (Å²) in [5, 5.41) is 6.79. The zero-order valence-electron chi connectivity index (χ0n) is 17.8. The van der Waals surface area contributed by atoms with Crippen molar-refractivity contribution in [1.82, 2.24) is 15.6 Å². The fourth-order valence-electron chi connectivity index (χ4n) is 3.80. The molecular weight excluding hydrogens is 398 g/mol. The summed E-state index contributed by atoms with van der Waals surface area (Å²) in [5.74, 6) is -0.278. The summed E-state index contributed by atoms with van der Waals surface area (Å²) in [6, 6.07) is 25.5. The van der Waals surface area contributed by atoms with Crippen LogP contribution in [-0.4, -0.2) is 30.4 Å². The van der Waals surface area contributed by atoms with Gasteiger partial charge in [-0.3, -0.25) is 9.59 Å². The van der Waals surface area contributed by atoms with Crippen molar-refractivity contribution < 1.29 is 9.59 Å². The highest BCUT2D eigenvalue weighted by atomic mass is 16.2. The number of H-pyrrole nitrogens is 1. The lowest BCUT2D eigenvalue weighted by molar-refractivity contribution is -0.116. The molecule has 3 aromatic carbocycles. The molecule has 0 saturated heterocycles. The van der Waals surface area contributed by atoms with Gasteiger partial charge in [0.2, 0.25) is 5.91 Å². The van der Waals surface area contributed by atoms with Crippen molar-refractivity contribution in [3.8, 4) is 0 Å². The Kier molecular flexibility index (Phi) is 6.46. The first-order valence-corrected chi connectivity index (χ1v) is 10.5. The second-order valence-electron chi connectivity index (χ2n) is 7.53. The number of amides is 2. The summed E-state index contributed by atoms with van der Waals surface area (Å²) in [6.07, 6.45) is 5.29. The van der Waals surface area contributed by atoms with Crippen molar-refractivity contribution in [2.24, 2.45) is 0 Å². The van der Waals surface area contributed by atoms with Gasteiger partial charge in [0.05, 0.1) is 0 Å². The first-order chi connectivity index (χ1) is 15.7. The third-order valence-corrected chi connectivity index (χ3v) is 5.51. The normalized spacial score (nSPS) is 12.0. The van der Waals surface area contributed by atoms with Crippen molar-refractivity contribution in [2.75, 3.05) is 13.6 Å². The van der Waals surface area contributed by atoms with E-state index in [4.69, 9.17) is 0 Å². The maximum atomic E-state index is 12.5. The molecule has 5 nitrogen and oxygen atoms in total. The van der Waals surface area contributed by atoms with Gasteiger partial charge >= 0.3 is 0 Å². The Morgan fingerprint density at radius 1 is 0.938 bits per heavy atom. The maximum absolute atomic E-state index is 12.5. The summed E-state index contributed by atoms with van der Waals surface area (Å²) >= 11 is 0. The van der Waals surface area contributed by atoms with Crippen LogP contribution in [0.15, 0.2) is 91.1 Å². The average Bonchev–Trinajstić information content (AvgIpc) is 3.27. The summed E-state index contributed by atoms with van der Waals surface area (Å²) in [7, 11) is 1.60. The molecular formula is C27H25N3O2. The molecule has 5 heteroatoms. The Balaban J connectivity index is 1.48. The smallest absolute Gasteiger partial charge is 0.251 e. The van der Waals surface area contributed by atoms with E-state index in [0.29, 0.717) is 12.1 Å². The monoisotopic (exact) mass is 423 g/mol. The Morgan fingerprint density at radius 3 is 2.41 bits per heavy atom. The molecule has 1 heterocycles. The van der Waals surface area contributed by atoms with E-state index in [1.807, 2.05) is 48.7 Å². The molecule has 2 amide bonds. The van der Waals surface area contributed by atoms with Gasteiger partial charge in [-0.1, -0.05) is 60.7 Å². The minimum atomic E-state index is -0.166. The zero-order chi connectivity index (χ0) is 22.3. The largest absolute Gasteiger partial charge is 0.361 e. The fourth-order valence-corrected chi connectivity index (χ4v) is 3.80. The molecule has 0 aliphatic carbocycles. The highest BCUT2D eigenvalue weighted by Gasteiger charge is 2.18. The van der Waals surface area contributed by atoms with Crippen LogP contribution >= 0.6 is 0 Å². The van der Waals surface area contributed by atoms with Crippen LogP contribution in [0.5, 0.6) is 0 Å². The Bertz CT molecular complexity index is 1240.